The molecule has 1 saturated heterocycles. The highest BCUT2D eigenvalue weighted by Gasteiger charge is 2.39. The minimum absolute atomic E-state index is 0.0543. The summed E-state index contributed by atoms with van der Waals surface area (Å²) in [6.45, 7) is 3.91. The molecule has 3 rings (SSSR count). The third-order valence-electron chi connectivity index (χ3n) is 3.62. The Kier molecular flexibility index (Phi) is 3.66. The predicted molar refractivity (Wildman–Crippen MR) is 79.6 cm³/mol. The van der Waals surface area contributed by atoms with Crippen LogP contribution >= 0.6 is 0 Å². The number of urea groups is 1. The highest BCUT2D eigenvalue weighted by molar-refractivity contribution is 6.04. The van der Waals surface area contributed by atoms with Crippen LogP contribution in [0.25, 0.3) is 11.5 Å². The fraction of sp³-hybridized carbons (Fsp3) is 0.312. The lowest BCUT2D eigenvalue weighted by Gasteiger charge is -2.12. The smallest absolute Gasteiger partial charge is 0.325 e. The quantitative estimate of drug-likeness (QED) is 0.880. The Balaban J connectivity index is 1.76. The normalized spacial score (nSPS) is 18.1. The van der Waals surface area contributed by atoms with E-state index in [1.54, 1.807) is 0 Å². The number of amides is 3. The number of nitrogens with one attached hydrogen (secondary N) is 1. The van der Waals surface area contributed by atoms with E-state index in [1.165, 1.54) is 11.2 Å². The Labute approximate surface area is 128 Å². The van der Waals surface area contributed by atoms with E-state index >= 15 is 0 Å². The van der Waals surface area contributed by atoms with Gasteiger partial charge in [-0.25, -0.2) is 9.78 Å². The van der Waals surface area contributed by atoms with Gasteiger partial charge in [0.2, 0.25) is 5.89 Å². The van der Waals surface area contributed by atoms with E-state index in [4.69, 9.17) is 4.42 Å². The van der Waals surface area contributed by atoms with Crippen molar-refractivity contribution in [2.24, 2.45) is 5.92 Å². The Morgan fingerprint density at radius 1 is 1.27 bits per heavy atom. The molecule has 0 spiro atoms. The Morgan fingerprint density at radius 3 is 2.64 bits per heavy atom. The fourth-order valence-corrected chi connectivity index (χ4v) is 2.40. The Hall–Kier alpha value is -2.63. The average Bonchev–Trinajstić information content (AvgIpc) is 3.08. The second kappa shape index (κ2) is 5.63. The number of carbonyl (C=O) groups is 2. The summed E-state index contributed by atoms with van der Waals surface area (Å²) in [5.41, 5.74) is 1.40. The number of nitrogens with zero attached hydrogens (tertiary/aromatic N) is 2. The lowest BCUT2D eigenvalue weighted by molar-refractivity contribution is -0.128. The molecule has 2 heterocycles. The fourth-order valence-electron chi connectivity index (χ4n) is 2.40. The van der Waals surface area contributed by atoms with Gasteiger partial charge >= 0.3 is 6.03 Å². The van der Waals surface area contributed by atoms with Crippen molar-refractivity contribution in [3.8, 4) is 11.5 Å². The summed E-state index contributed by atoms with van der Waals surface area (Å²) in [7, 11) is 0. The van der Waals surface area contributed by atoms with Crippen LogP contribution in [0.15, 0.2) is 41.0 Å². The first kappa shape index (κ1) is 14.3. The van der Waals surface area contributed by atoms with Crippen molar-refractivity contribution in [2.45, 2.75) is 26.4 Å². The molecule has 1 fully saturated rings. The second-order valence-electron chi connectivity index (χ2n) is 5.61. The minimum Gasteiger partial charge on any atom is -0.444 e. The van der Waals surface area contributed by atoms with Gasteiger partial charge < -0.3 is 9.73 Å². The zero-order valence-corrected chi connectivity index (χ0v) is 12.4. The molecule has 1 aliphatic heterocycles. The molecule has 114 valence electrons. The minimum atomic E-state index is -0.465. The van der Waals surface area contributed by atoms with Crippen LogP contribution < -0.4 is 5.32 Å². The standard InChI is InChI=1S/C16H17N3O3/c1-10(2)13-15(20)19(16(21)18-13)8-12-9-22-14(17-12)11-6-4-3-5-7-11/h3-7,9-10,13H,8H2,1-2H3,(H,18,21). The molecule has 1 unspecified atom stereocenters. The van der Waals surface area contributed by atoms with Crippen molar-refractivity contribution in [2.75, 3.05) is 0 Å². The molecule has 1 N–H and O–H groups in total. The van der Waals surface area contributed by atoms with Gasteiger partial charge in [0, 0.05) is 5.56 Å². The summed E-state index contributed by atoms with van der Waals surface area (Å²) >= 11 is 0. The highest BCUT2D eigenvalue weighted by Crippen LogP contribution is 2.20. The molecule has 1 aliphatic rings. The number of imide groups is 1. The number of aromatic nitrogens is 1. The van der Waals surface area contributed by atoms with Gasteiger partial charge in [-0.3, -0.25) is 9.69 Å². The lowest BCUT2D eigenvalue weighted by atomic mass is 10.1. The van der Waals surface area contributed by atoms with E-state index in [1.807, 2.05) is 44.2 Å². The number of hydrogen-bond acceptors (Lipinski definition) is 4. The van der Waals surface area contributed by atoms with E-state index in [2.05, 4.69) is 10.3 Å². The SMILES string of the molecule is CC(C)C1NC(=O)N(Cc2coc(-c3ccccc3)n2)C1=O. The number of rotatable bonds is 4. The van der Waals surface area contributed by atoms with Crippen molar-refractivity contribution in [3.63, 3.8) is 0 Å². The number of hydrogen-bond donors (Lipinski definition) is 1. The van der Waals surface area contributed by atoms with Crippen LogP contribution in [0.2, 0.25) is 0 Å². The lowest BCUT2D eigenvalue weighted by Crippen LogP contribution is -2.34. The van der Waals surface area contributed by atoms with Gasteiger partial charge in [0.1, 0.15) is 12.3 Å². The first-order valence-electron chi connectivity index (χ1n) is 7.18. The second-order valence-corrected chi connectivity index (χ2v) is 5.61. The Bertz CT molecular complexity index is 694. The topological polar surface area (TPSA) is 75.4 Å². The summed E-state index contributed by atoms with van der Waals surface area (Å²) in [6, 6.07) is 8.62. The van der Waals surface area contributed by atoms with Crippen LogP contribution in [0.1, 0.15) is 19.5 Å². The van der Waals surface area contributed by atoms with Gasteiger partial charge in [-0.2, -0.15) is 0 Å². The van der Waals surface area contributed by atoms with Crippen LogP contribution in [-0.2, 0) is 11.3 Å². The first-order valence-corrected chi connectivity index (χ1v) is 7.18. The van der Waals surface area contributed by atoms with Crippen molar-refractivity contribution in [3.05, 3.63) is 42.3 Å². The van der Waals surface area contributed by atoms with Gasteiger partial charge in [-0.1, -0.05) is 32.0 Å². The molecule has 0 saturated carbocycles. The van der Waals surface area contributed by atoms with Crippen LogP contribution in [0.3, 0.4) is 0 Å². The van der Waals surface area contributed by atoms with Crippen LogP contribution in [-0.4, -0.2) is 27.9 Å². The summed E-state index contributed by atoms with van der Waals surface area (Å²) in [4.78, 5) is 29.7. The number of carbonyl (C=O) groups excluding carboxylic acids is 2. The largest absolute Gasteiger partial charge is 0.444 e. The van der Waals surface area contributed by atoms with Crippen LogP contribution in [0.5, 0.6) is 0 Å². The molecule has 1 aromatic carbocycles. The molecule has 6 heteroatoms. The van der Waals surface area contributed by atoms with Gasteiger partial charge in [-0.15, -0.1) is 0 Å². The maximum absolute atomic E-state index is 12.2. The van der Waals surface area contributed by atoms with Gasteiger partial charge in [0.15, 0.2) is 0 Å². The number of oxazole rings is 1. The van der Waals surface area contributed by atoms with Gasteiger partial charge in [0.25, 0.3) is 5.91 Å². The van der Waals surface area contributed by atoms with E-state index in [9.17, 15) is 9.59 Å². The average molecular weight is 299 g/mol. The molecular formula is C16H17N3O3. The molecular weight excluding hydrogens is 282 g/mol. The van der Waals surface area contributed by atoms with Crippen molar-refractivity contribution in [1.82, 2.24) is 15.2 Å². The zero-order chi connectivity index (χ0) is 15.7. The maximum Gasteiger partial charge on any atom is 0.325 e. The van der Waals surface area contributed by atoms with E-state index < -0.39 is 6.04 Å². The zero-order valence-electron chi connectivity index (χ0n) is 12.4. The highest BCUT2D eigenvalue weighted by atomic mass is 16.3. The third kappa shape index (κ3) is 2.59. The summed E-state index contributed by atoms with van der Waals surface area (Å²) < 4.78 is 5.42. The van der Waals surface area contributed by atoms with Crippen LogP contribution in [0, 0.1) is 5.92 Å². The molecule has 0 aliphatic carbocycles. The van der Waals surface area contributed by atoms with Crippen LogP contribution in [0.4, 0.5) is 4.79 Å². The number of benzene rings is 1. The molecule has 22 heavy (non-hydrogen) atoms. The molecule has 1 aromatic heterocycles. The van der Waals surface area contributed by atoms with Gasteiger partial charge in [-0.05, 0) is 18.1 Å². The summed E-state index contributed by atoms with van der Waals surface area (Å²) in [6.07, 6.45) is 1.48. The van der Waals surface area contributed by atoms with Crippen molar-refractivity contribution >= 4 is 11.9 Å². The van der Waals surface area contributed by atoms with E-state index in [-0.39, 0.29) is 24.4 Å². The first-order chi connectivity index (χ1) is 10.6. The Morgan fingerprint density at radius 2 is 2.00 bits per heavy atom. The summed E-state index contributed by atoms with van der Waals surface area (Å²) in [5, 5.41) is 2.69. The third-order valence-corrected chi connectivity index (χ3v) is 3.62. The monoisotopic (exact) mass is 299 g/mol. The van der Waals surface area contributed by atoms with E-state index in [0.29, 0.717) is 11.6 Å². The van der Waals surface area contributed by atoms with Gasteiger partial charge in [0.05, 0.1) is 12.2 Å². The van der Waals surface area contributed by atoms with E-state index in [0.717, 1.165) is 5.56 Å². The maximum atomic E-state index is 12.2. The molecule has 2 aromatic rings. The summed E-state index contributed by atoms with van der Waals surface area (Å²) in [5.74, 6) is 0.311. The predicted octanol–water partition coefficient (Wildman–Crippen LogP) is 2.42. The van der Waals surface area contributed by atoms with Crippen molar-refractivity contribution < 1.29 is 14.0 Å². The molecule has 0 radical (unpaired) electrons. The molecule has 3 amide bonds. The van der Waals surface area contributed by atoms with Crippen molar-refractivity contribution in [1.29, 1.82) is 0 Å². The molecule has 0 bridgehead atoms. The molecule has 6 nitrogen and oxygen atoms in total. The molecule has 1 atom stereocenters.